The van der Waals surface area contributed by atoms with Gasteiger partial charge in [-0.15, -0.1) is 0 Å². The molecule has 0 aliphatic carbocycles. The van der Waals surface area contributed by atoms with Crippen molar-refractivity contribution in [3.63, 3.8) is 0 Å². The van der Waals surface area contributed by atoms with Crippen molar-refractivity contribution < 1.29 is 17.8 Å². The van der Waals surface area contributed by atoms with Gasteiger partial charge in [0.15, 0.2) is 5.78 Å². The third-order valence-electron chi connectivity index (χ3n) is 2.58. The molecule has 0 spiro atoms. The van der Waals surface area contributed by atoms with E-state index in [9.17, 15) is 17.8 Å². The van der Waals surface area contributed by atoms with Gasteiger partial charge in [-0.05, 0) is 36.4 Å². The zero-order chi connectivity index (χ0) is 14.7. The molecule has 0 amide bonds. The quantitative estimate of drug-likeness (QED) is 0.808. The number of rotatable bonds is 4. The normalized spacial score (nSPS) is 12.2. The number of carbonyl (C=O) groups excluding carboxylic acids is 1. The minimum absolute atomic E-state index is 0.375. The summed E-state index contributed by atoms with van der Waals surface area (Å²) in [6.45, 7) is 0. The Kier molecular flexibility index (Phi) is 4.62. The summed E-state index contributed by atoms with van der Waals surface area (Å²) in [6, 6.07) is 9.21. The maximum Gasteiger partial charge on any atom is 0.181 e. The fourth-order valence-electron chi connectivity index (χ4n) is 1.63. The second-order valence-corrected chi connectivity index (χ2v) is 5.85. The summed E-state index contributed by atoms with van der Waals surface area (Å²) in [5.74, 6) is -3.24. The zero-order valence-electron chi connectivity index (χ0n) is 10.1. The van der Waals surface area contributed by atoms with Gasteiger partial charge in [0.05, 0.1) is 22.1 Å². The first-order chi connectivity index (χ1) is 9.49. The SMILES string of the molecule is O=C(CS(=O)c1ccc(Cl)cc1)c1c(F)cccc1F. The van der Waals surface area contributed by atoms with Crippen molar-refractivity contribution >= 4 is 28.2 Å². The van der Waals surface area contributed by atoms with Gasteiger partial charge in [0.2, 0.25) is 0 Å². The number of benzene rings is 2. The smallest absolute Gasteiger partial charge is 0.181 e. The van der Waals surface area contributed by atoms with Crippen LogP contribution in [0.5, 0.6) is 0 Å². The summed E-state index contributed by atoms with van der Waals surface area (Å²) >= 11 is 5.69. The highest BCUT2D eigenvalue weighted by Crippen LogP contribution is 2.16. The highest BCUT2D eigenvalue weighted by atomic mass is 35.5. The Morgan fingerprint density at radius 1 is 1.05 bits per heavy atom. The summed E-state index contributed by atoms with van der Waals surface area (Å²) in [7, 11) is -1.68. The average molecular weight is 315 g/mol. The Balaban J connectivity index is 2.20. The minimum Gasteiger partial charge on any atom is -0.293 e. The van der Waals surface area contributed by atoms with E-state index in [0.717, 1.165) is 18.2 Å². The largest absolute Gasteiger partial charge is 0.293 e. The van der Waals surface area contributed by atoms with Crippen LogP contribution < -0.4 is 0 Å². The summed E-state index contributed by atoms with van der Waals surface area (Å²) < 4.78 is 38.8. The van der Waals surface area contributed by atoms with Crippen LogP contribution in [-0.4, -0.2) is 15.7 Å². The zero-order valence-corrected chi connectivity index (χ0v) is 11.7. The van der Waals surface area contributed by atoms with Crippen LogP contribution in [0.25, 0.3) is 0 Å². The third-order valence-corrected chi connectivity index (χ3v) is 4.15. The third kappa shape index (κ3) is 3.29. The summed E-state index contributed by atoms with van der Waals surface area (Å²) in [5, 5.41) is 0.470. The molecule has 1 atom stereocenters. The average Bonchev–Trinajstić information content (AvgIpc) is 2.39. The molecule has 0 heterocycles. The lowest BCUT2D eigenvalue weighted by Crippen LogP contribution is -2.14. The first-order valence-corrected chi connectivity index (χ1v) is 7.30. The van der Waals surface area contributed by atoms with Crippen LogP contribution in [0, 0.1) is 11.6 Å². The van der Waals surface area contributed by atoms with E-state index < -0.39 is 39.5 Å². The van der Waals surface area contributed by atoms with Gasteiger partial charge in [-0.25, -0.2) is 8.78 Å². The summed E-state index contributed by atoms with van der Waals surface area (Å²) in [6.07, 6.45) is 0. The lowest BCUT2D eigenvalue weighted by molar-refractivity contribution is 0.101. The van der Waals surface area contributed by atoms with E-state index in [1.807, 2.05) is 0 Å². The van der Waals surface area contributed by atoms with Gasteiger partial charge in [0, 0.05) is 9.92 Å². The molecular formula is C14H9ClF2O2S. The van der Waals surface area contributed by atoms with E-state index in [2.05, 4.69) is 0 Å². The van der Waals surface area contributed by atoms with E-state index in [4.69, 9.17) is 11.6 Å². The van der Waals surface area contributed by atoms with E-state index in [1.54, 1.807) is 0 Å². The standard InChI is InChI=1S/C14H9ClF2O2S/c15-9-4-6-10(7-5-9)20(19)8-13(18)14-11(16)2-1-3-12(14)17/h1-7H,8H2. The molecule has 2 aromatic carbocycles. The molecule has 0 saturated heterocycles. The first-order valence-electron chi connectivity index (χ1n) is 5.60. The van der Waals surface area contributed by atoms with E-state index >= 15 is 0 Å². The molecule has 0 aliphatic rings. The minimum atomic E-state index is -1.68. The monoisotopic (exact) mass is 314 g/mol. The highest BCUT2D eigenvalue weighted by molar-refractivity contribution is 7.85. The van der Waals surface area contributed by atoms with Crippen LogP contribution >= 0.6 is 11.6 Å². The molecule has 2 nitrogen and oxygen atoms in total. The topological polar surface area (TPSA) is 34.1 Å². The van der Waals surface area contributed by atoms with E-state index in [1.165, 1.54) is 24.3 Å². The van der Waals surface area contributed by atoms with Crippen molar-refractivity contribution in [1.29, 1.82) is 0 Å². The van der Waals surface area contributed by atoms with Gasteiger partial charge in [-0.1, -0.05) is 17.7 Å². The number of Topliss-reactive ketones (excluding diaryl/α,β-unsaturated/α-hetero) is 1. The fourth-order valence-corrected chi connectivity index (χ4v) is 2.74. The molecule has 2 aromatic rings. The van der Waals surface area contributed by atoms with Crippen molar-refractivity contribution in [2.24, 2.45) is 0 Å². The molecule has 6 heteroatoms. The number of carbonyl (C=O) groups is 1. The first kappa shape index (κ1) is 14.8. The van der Waals surface area contributed by atoms with Gasteiger partial charge < -0.3 is 0 Å². The molecule has 0 radical (unpaired) electrons. The van der Waals surface area contributed by atoms with Crippen LogP contribution in [0.2, 0.25) is 5.02 Å². The van der Waals surface area contributed by atoms with E-state index in [-0.39, 0.29) is 0 Å². The maximum absolute atomic E-state index is 13.4. The molecule has 104 valence electrons. The molecular weight excluding hydrogens is 306 g/mol. The molecule has 2 rings (SSSR count). The Bertz CT molecular complexity index is 651. The number of halogens is 3. The van der Waals surface area contributed by atoms with Crippen LogP contribution in [0.1, 0.15) is 10.4 Å². The molecule has 0 fully saturated rings. The van der Waals surface area contributed by atoms with Crippen LogP contribution in [0.15, 0.2) is 47.4 Å². The van der Waals surface area contributed by atoms with Crippen molar-refractivity contribution in [2.75, 3.05) is 5.75 Å². The summed E-state index contributed by atoms with van der Waals surface area (Å²) in [4.78, 5) is 12.2. The Hall–Kier alpha value is -1.59. The Morgan fingerprint density at radius 3 is 2.15 bits per heavy atom. The molecule has 1 unspecified atom stereocenters. The van der Waals surface area contributed by atoms with Gasteiger partial charge in [0.1, 0.15) is 11.6 Å². The molecule has 20 heavy (non-hydrogen) atoms. The molecule has 0 aliphatic heterocycles. The second-order valence-electron chi connectivity index (χ2n) is 3.96. The lowest BCUT2D eigenvalue weighted by Gasteiger charge is -2.04. The predicted octanol–water partition coefficient (Wildman–Crippen LogP) is 3.61. The Labute approximate surface area is 121 Å². The van der Waals surface area contributed by atoms with Crippen molar-refractivity contribution in [2.45, 2.75) is 4.90 Å². The lowest BCUT2D eigenvalue weighted by atomic mass is 10.1. The van der Waals surface area contributed by atoms with Gasteiger partial charge in [-0.2, -0.15) is 0 Å². The van der Waals surface area contributed by atoms with E-state index in [0.29, 0.717) is 9.92 Å². The molecule has 0 N–H and O–H groups in total. The second kappa shape index (κ2) is 6.24. The van der Waals surface area contributed by atoms with Crippen LogP contribution in [0.3, 0.4) is 0 Å². The molecule has 0 bridgehead atoms. The highest BCUT2D eigenvalue weighted by Gasteiger charge is 2.19. The van der Waals surface area contributed by atoms with Crippen molar-refractivity contribution in [1.82, 2.24) is 0 Å². The van der Waals surface area contributed by atoms with Gasteiger partial charge in [0.25, 0.3) is 0 Å². The van der Waals surface area contributed by atoms with Crippen LogP contribution in [-0.2, 0) is 10.8 Å². The number of ketones is 1. The predicted molar refractivity (Wildman–Crippen MR) is 73.4 cm³/mol. The Morgan fingerprint density at radius 2 is 1.60 bits per heavy atom. The van der Waals surface area contributed by atoms with Gasteiger partial charge >= 0.3 is 0 Å². The number of hydrogen-bond acceptors (Lipinski definition) is 2. The van der Waals surface area contributed by atoms with Crippen molar-refractivity contribution in [3.05, 3.63) is 64.7 Å². The number of hydrogen-bond donors (Lipinski definition) is 0. The van der Waals surface area contributed by atoms with Crippen LogP contribution in [0.4, 0.5) is 8.78 Å². The molecule has 0 saturated carbocycles. The van der Waals surface area contributed by atoms with Crippen molar-refractivity contribution in [3.8, 4) is 0 Å². The maximum atomic E-state index is 13.4. The fraction of sp³-hybridized carbons (Fsp3) is 0.0714. The molecule has 0 aromatic heterocycles. The van der Waals surface area contributed by atoms with Gasteiger partial charge in [-0.3, -0.25) is 9.00 Å². The summed E-state index contributed by atoms with van der Waals surface area (Å²) in [5.41, 5.74) is -0.658.